The lowest BCUT2D eigenvalue weighted by atomic mass is 9.52. The predicted molar refractivity (Wildman–Crippen MR) is 101 cm³/mol. The summed E-state index contributed by atoms with van der Waals surface area (Å²) >= 11 is 0. The monoisotopic (exact) mass is 338 g/mol. The molecule has 0 N–H and O–H groups in total. The van der Waals surface area contributed by atoms with Crippen LogP contribution in [-0.4, -0.2) is 36.0 Å². The van der Waals surface area contributed by atoms with E-state index < -0.39 is 0 Å². The Balaban J connectivity index is 1.73. The molecule has 1 aromatic carbocycles. The number of hydrogen-bond donors (Lipinski definition) is 0. The zero-order chi connectivity index (χ0) is 17.2. The van der Waals surface area contributed by atoms with E-state index in [1.807, 2.05) is 6.92 Å². The summed E-state index contributed by atoms with van der Waals surface area (Å²) in [4.78, 5) is 17.9. The lowest BCUT2D eigenvalue weighted by Gasteiger charge is -2.58. The van der Waals surface area contributed by atoms with Crippen molar-refractivity contribution in [3.8, 4) is 0 Å². The maximum Gasteiger partial charge on any atom is 0.226 e. The molecular weight excluding hydrogens is 308 g/mol. The smallest absolute Gasteiger partial charge is 0.226 e. The van der Waals surface area contributed by atoms with E-state index in [-0.39, 0.29) is 5.41 Å². The molecule has 0 radical (unpaired) electrons. The third-order valence-electron chi connectivity index (χ3n) is 8.13. The number of rotatable bonds is 2. The van der Waals surface area contributed by atoms with E-state index in [2.05, 4.69) is 41.0 Å². The Morgan fingerprint density at radius 2 is 2.00 bits per heavy atom. The van der Waals surface area contributed by atoms with Crippen LogP contribution in [0.4, 0.5) is 5.69 Å². The normalized spacial score (nSPS) is 39.0. The van der Waals surface area contributed by atoms with Gasteiger partial charge in [0.1, 0.15) is 0 Å². The van der Waals surface area contributed by atoms with Gasteiger partial charge in [-0.3, -0.25) is 9.69 Å². The largest absolute Gasteiger partial charge is 0.308 e. The van der Waals surface area contributed by atoms with Crippen molar-refractivity contribution >= 4 is 11.6 Å². The molecule has 134 valence electrons. The highest BCUT2D eigenvalue weighted by atomic mass is 16.2. The number of fused-ring (bicyclic) bond motifs is 1. The highest BCUT2D eigenvalue weighted by Gasteiger charge is 2.68. The third-order valence-corrected chi connectivity index (χ3v) is 8.13. The van der Waals surface area contributed by atoms with Gasteiger partial charge < -0.3 is 4.90 Å². The van der Waals surface area contributed by atoms with Gasteiger partial charge in [0.05, 0.1) is 0 Å². The molecule has 3 heteroatoms. The minimum absolute atomic E-state index is 0.177. The highest BCUT2D eigenvalue weighted by Crippen LogP contribution is 2.65. The van der Waals surface area contributed by atoms with Crippen LogP contribution in [0.3, 0.4) is 0 Å². The number of amides is 1. The van der Waals surface area contributed by atoms with Crippen LogP contribution in [-0.2, 0) is 10.2 Å². The molecule has 3 aliphatic heterocycles. The molecule has 4 aliphatic rings. The van der Waals surface area contributed by atoms with Gasteiger partial charge in [-0.1, -0.05) is 32.0 Å². The van der Waals surface area contributed by atoms with Crippen molar-refractivity contribution in [2.75, 3.05) is 18.0 Å². The SMILES string of the molecule is CCC(=O)N1c2ccccc2C23CCN4CCCC(CC)(CCC12)C43. The van der Waals surface area contributed by atoms with E-state index in [1.54, 1.807) is 0 Å². The number of carbonyl (C=O) groups is 1. The van der Waals surface area contributed by atoms with Crippen LogP contribution in [0.2, 0.25) is 0 Å². The van der Waals surface area contributed by atoms with Crippen molar-refractivity contribution in [3.63, 3.8) is 0 Å². The molecule has 3 heterocycles. The topological polar surface area (TPSA) is 23.6 Å². The summed E-state index contributed by atoms with van der Waals surface area (Å²) in [6.07, 6.45) is 8.32. The van der Waals surface area contributed by atoms with Gasteiger partial charge in [0, 0.05) is 29.6 Å². The van der Waals surface area contributed by atoms with Crippen LogP contribution in [0.1, 0.15) is 64.4 Å². The Labute approximate surface area is 151 Å². The fourth-order valence-electron chi connectivity index (χ4n) is 7.25. The Bertz CT molecular complexity index is 716. The first-order valence-corrected chi connectivity index (χ1v) is 10.3. The highest BCUT2D eigenvalue weighted by molar-refractivity contribution is 5.97. The molecule has 0 bridgehead atoms. The molecule has 2 saturated heterocycles. The fraction of sp³-hybridized carbons (Fsp3) is 0.682. The number of hydrogen-bond acceptors (Lipinski definition) is 2. The summed E-state index contributed by atoms with van der Waals surface area (Å²) in [5.41, 5.74) is 3.34. The molecule has 1 spiro atoms. The van der Waals surface area contributed by atoms with Gasteiger partial charge in [-0.25, -0.2) is 0 Å². The second kappa shape index (κ2) is 5.33. The van der Waals surface area contributed by atoms with Crippen molar-refractivity contribution in [2.24, 2.45) is 5.41 Å². The summed E-state index contributed by atoms with van der Waals surface area (Å²) in [6, 6.07) is 9.87. The maximum atomic E-state index is 12.9. The number of benzene rings is 1. The Morgan fingerprint density at radius 3 is 2.80 bits per heavy atom. The first-order chi connectivity index (χ1) is 12.2. The van der Waals surface area contributed by atoms with Gasteiger partial charge in [0.25, 0.3) is 0 Å². The van der Waals surface area contributed by atoms with Crippen LogP contribution in [0, 0.1) is 5.41 Å². The molecule has 1 aromatic rings. The molecule has 1 saturated carbocycles. The first kappa shape index (κ1) is 15.9. The van der Waals surface area contributed by atoms with Crippen molar-refractivity contribution in [2.45, 2.75) is 76.3 Å². The second-order valence-electron chi connectivity index (χ2n) is 8.74. The summed E-state index contributed by atoms with van der Waals surface area (Å²) in [7, 11) is 0. The van der Waals surface area contributed by atoms with E-state index in [0.29, 0.717) is 29.8 Å². The predicted octanol–water partition coefficient (Wildman–Crippen LogP) is 4.11. The third kappa shape index (κ3) is 1.78. The number of anilines is 1. The lowest BCUT2D eigenvalue weighted by Crippen LogP contribution is -2.65. The Kier molecular flexibility index (Phi) is 3.38. The summed E-state index contributed by atoms with van der Waals surface area (Å²) in [6.45, 7) is 6.89. The standard InChI is InChI=1S/C22H30N2O/c1-3-19(25)24-17-9-6-5-8-16(17)22-13-15-23-14-7-11-21(4-2,20(22)23)12-10-18(22)24/h5-6,8-9,18,20H,3-4,7,10-15H2,1-2H3. The number of carbonyl (C=O) groups excluding carboxylic acids is 1. The van der Waals surface area contributed by atoms with Gasteiger partial charge in [0.15, 0.2) is 0 Å². The molecule has 25 heavy (non-hydrogen) atoms. The molecule has 3 nitrogen and oxygen atoms in total. The van der Waals surface area contributed by atoms with Crippen molar-refractivity contribution < 1.29 is 4.79 Å². The van der Waals surface area contributed by atoms with Gasteiger partial charge in [-0.05, 0) is 68.7 Å². The van der Waals surface area contributed by atoms with Crippen molar-refractivity contribution in [1.29, 1.82) is 0 Å². The molecule has 4 unspecified atom stereocenters. The van der Waals surface area contributed by atoms with Gasteiger partial charge in [0.2, 0.25) is 5.91 Å². The lowest BCUT2D eigenvalue weighted by molar-refractivity contribution is -0.119. The molecule has 4 atom stereocenters. The van der Waals surface area contributed by atoms with Crippen LogP contribution < -0.4 is 4.90 Å². The summed E-state index contributed by atoms with van der Waals surface area (Å²) in [5, 5.41) is 0. The van der Waals surface area contributed by atoms with Crippen LogP contribution >= 0.6 is 0 Å². The average molecular weight is 338 g/mol. The molecule has 3 fully saturated rings. The number of piperidine rings is 1. The minimum atomic E-state index is 0.177. The van der Waals surface area contributed by atoms with Crippen molar-refractivity contribution in [1.82, 2.24) is 4.90 Å². The second-order valence-corrected chi connectivity index (χ2v) is 8.74. The van der Waals surface area contributed by atoms with Crippen LogP contribution in [0.15, 0.2) is 24.3 Å². The average Bonchev–Trinajstić information content (AvgIpc) is 3.19. The zero-order valence-electron chi connectivity index (χ0n) is 15.6. The number of nitrogens with zero attached hydrogens (tertiary/aromatic N) is 2. The van der Waals surface area contributed by atoms with E-state index in [9.17, 15) is 4.79 Å². The van der Waals surface area contributed by atoms with Gasteiger partial charge in [-0.15, -0.1) is 0 Å². The quantitative estimate of drug-likeness (QED) is 0.810. The van der Waals surface area contributed by atoms with Crippen LogP contribution in [0.25, 0.3) is 0 Å². The van der Waals surface area contributed by atoms with Gasteiger partial charge in [-0.2, -0.15) is 0 Å². The molecule has 0 aromatic heterocycles. The van der Waals surface area contributed by atoms with E-state index in [4.69, 9.17) is 0 Å². The van der Waals surface area contributed by atoms with Crippen LogP contribution in [0.5, 0.6) is 0 Å². The maximum absolute atomic E-state index is 12.9. The minimum Gasteiger partial charge on any atom is -0.308 e. The summed E-state index contributed by atoms with van der Waals surface area (Å²) in [5.74, 6) is 0.313. The molecule has 1 amide bonds. The molecule has 1 aliphatic carbocycles. The molecule has 5 rings (SSSR count). The van der Waals surface area contributed by atoms with E-state index >= 15 is 0 Å². The zero-order valence-corrected chi connectivity index (χ0v) is 15.6. The Hall–Kier alpha value is -1.35. The Morgan fingerprint density at radius 1 is 1.16 bits per heavy atom. The van der Waals surface area contributed by atoms with E-state index in [1.165, 1.54) is 62.9 Å². The van der Waals surface area contributed by atoms with E-state index in [0.717, 1.165) is 0 Å². The fourth-order valence-corrected chi connectivity index (χ4v) is 7.25. The summed E-state index contributed by atoms with van der Waals surface area (Å²) < 4.78 is 0. The number of para-hydroxylation sites is 1. The first-order valence-electron chi connectivity index (χ1n) is 10.3. The van der Waals surface area contributed by atoms with Crippen molar-refractivity contribution in [3.05, 3.63) is 29.8 Å². The van der Waals surface area contributed by atoms with Gasteiger partial charge >= 0.3 is 0 Å². The molecular formula is C22H30N2O.